The number of carbonyl (C=O) groups is 1. The third-order valence-electron chi connectivity index (χ3n) is 4.04. The zero-order chi connectivity index (χ0) is 15.8. The Hall–Kier alpha value is -1.39. The number of rotatable bonds is 8. The van der Waals surface area contributed by atoms with E-state index >= 15 is 0 Å². The molecule has 0 bridgehead atoms. The third-order valence-corrected chi connectivity index (χ3v) is 4.04. The van der Waals surface area contributed by atoms with Crippen LogP contribution in [0.1, 0.15) is 37.0 Å². The van der Waals surface area contributed by atoms with Crippen LogP contribution in [0.25, 0.3) is 0 Å². The summed E-state index contributed by atoms with van der Waals surface area (Å²) in [6, 6.07) is 7.34. The molecule has 0 N–H and O–H groups in total. The van der Waals surface area contributed by atoms with Crippen molar-refractivity contribution >= 4 is 5.78 Å². The number of ether oxygens (including phenoxy) is 2. The Morgan fingerprint density at radius 2 is 2.09 bits per heavy atom. The average Bonchev–Trinajstić information content (AvgIpc) is 2.51. The van der Waals surface area contributed by atoms with Gasteiger partial charge in [-0.1, -0.05) is 19.1 Å². The van der Waals surface area contributed by atoms with Gasteiger partial charge >= 0.3 is 0 Å². The minimum atomic E-state index is 0.0238. The molecule has 4 heteroatoms. The van der Waals surface area contributed by atoms with E-state index in [0.29, 0.717) is 24.5 Å². The Balaban J connectivity index is 1.60. The van der Waals surface area contributed by atoms with Crippen molar-refractivity contribution < 1.29 is 14.3 Å². The average molecular weight is 305 g/mol. The SMILES string of the molecule is CC(=O)c1ccccc1OCCOCCN1CCC[C@H](C)C1. The van der Waals surface area contributed by atoms with E-state index in [9.17, 15) is 4.79 Å². The maximum Gasteiger partial charge on any atom is 0.163 e. The second-order valence-electron chi connectivity index (χ2n) is 6.06. The largest absolute Gasteiger partial charge is 0.490 e. The summed E-state index contributed by atoms with van der Waals surface area (Å²) in [6.45, 7) is 9.00. The maximum absolute atomic E-state index is 11.5. The monoisotopic (exact) mass is 305 g/mol. The predicted octanol–water partition coefficient (Wildman–Crippen LogP) is 3.02. The number of Topliss-reactive ketones (excluding diaryl/α,β-unsaturated/α-hetero) is 1. The molecule has 1 aliphatic heterocycles. The molecule has 122 valence electrons. The lowest BCUT2D eigenvalue weighted by Crippen LogP contribution is -2.36. The standard InChI is InChI=1S/C18H27NO3/c1-15-6-5-9-19(14-15)10-11-21-12-13-22-18-8-4-3-7-17(18)16(2)20/h3-4,7-8,15H,5-6,9-14H2,1-2H3/t15-/m0/s1. The first-order valence-electron chi connectivity index (χ1n) is 8.19. The topological polar surface area (TPSA) is 38.8 Å². The van der Waals surface area contributed by atoms with E-state index in [4.69, 9.17) is 9.47 Å². The summed E-state index contributed by atoms with van der Waals surface area (Å²) in [5.74, 6) is 1.47. The van der Waals surface area contributed by atoms with Crippen molar-refractivity contribution in [3.8, 4) is 5.75 Å². The first-order valence-corrected chi connectivity index (χ1v) is 8.19. The van der Waals surface area contributed by atoms with Gasteiger partial charge in [0.1, 0.15) is 12.4 Å². The van der Waals surface area contributed by atoms with E-state index in [2.05, 4.69) is 11.8 Å². The fraction of sp³-hybridized carbons (Fsp3) is 0.611. The molecule has 0 spiro atoms. The highest BCUT2D eigenvalue weighted by atomic mass is 16.5. The van der Waals surface area contributed by atoms with Gasteiger partial charge in [0.05, 0.1) is 18.8 Å². The fourth-order valence-electron chi connectivity index (χ4n) is 2.88. The van der Waals surface area contributed by atoms with E-state index < -0.39 is 0 Å². The van der Waals surface area contributed by atoms with Crippen LogP contribution in [0.3, 0.4) is 0 Å². The van der Waals surface area contributed by atoms with Crippen molar-refractivity contribution in [3.05, 3.63) is 29.8 Å². The maximum atomic E-state index is 11.5. The zero-order valence-electron chi connectivity index (χ0n) is 13.7. The summed E-state index contributed by atoms with van der Waals surface area (Å²) in [4.78, 5) is 14.0. The molecule has 4 nitrogen and oxygen atoms in total. The van der Waals surface area contributed by atoms with Crippen molar-refractivity contribution in [2.45, 2.75) is 26.7 Å². The number of hydrogen-bond acceptors (Lipinski definition) is 4. The van der Waals surface area contributed by atoms with E-state index in [0.717, 1.165) is 19.1 Å². The van der Waals surface area contributed by atoms with Gasteiger partial charge in [0.15, 0.2) is 5.78 Å². The number of para-hydroxylation sites is 1. The lowest BCUT2D eigenvalue weighted by molar-refractivity contribution is 0.0685. The highest BCUT2D eigenvalue weighted by Gasteiger charge is 2.15. The van der Waals surface area contributed by atoms with Crippen LogP contribution in [0.2, 0.25) is 0 Å². The Bertz CT molecular complexity index is 475. The van der Waals surface area contributed by atoms with Crippen LogP contribution >= 0.6 is 0 Å². The molecule has 1 aromatic rings. The summed E-state index contributed by atoms with van der Waals surface area (Å²) in [6.07, 6.45) is 2.65. The molecule has 1 fully saturated rings. The molecule has 1 atom stereocenters. The predicted molar refractivity (Wildman–Crippen MR) is 87.6 cm³/mol. The van der Waals surface area contributed by atoms with Crippen LogP contribution in [-0.4, -0.2) is 50.1 Å². The molecule has 1 aromatic carbocycles. The molecule has 1 saturated heterocycles. The van der Waals surface area contributed by atoms with Gasteiger partial charge in [-0.05, 0) is 44.4 Å². The number of ketones is 1. The van der Waals surface area contributed by atoms with E-state index in [-0.39, 0.29) is 5.78 Å². The number of carbonyl (C=O) groups excluding carboxylic acids is 1. The van der Waals surface area contributed by atoms with Gasteiger partial charge in [0.2, 0.25) is 0 Å². The number of hydrogen-bond donors (Lipinski definition) is 0. The quantitative estimate of drug-likeness (QED) is 0.547. The van der Waals surface area contributed by atoms with Crippen molar-refractivity contribution in [3.63, 3.8) is 0 Å². The highest BCUT2D eigenvalue weighted by molar-refractivity contribution is 5.96. The van der Waals surface area contributed by atoms with Crippen molar-refractivity contribution in [2.75, 3.05) is 39.5 Å². The van der Waals surface area contributed by atoms with Crippen molar-refractivity contribution in [1.29, 1.82) is 0 Å². The molecule has 0 saturated carbocycles. The van der Waals surface area contributed by atoms with Crippen LogP contribution < -0.4 is 4.74 Å². The third kappa shape index (κ3) is 5.43. The molecule has 1 aliphatic rings. The zero-order valence-corrected chi connectivity index (χ0v) is 13.7. The molecule has 1 heterocycles. The molecule has 0 radical (unpaired) electrons. The van der Waals surface area contributed by atoms with E-state index in [1.165, 1.54) is 25.9 Å². The van der Waals surface area contributed by atoms with Gasteiger partial charge in [0, 0.05) is 13.1 Å². The number of benzene rings is 1. The number of piperidine rings is 1. The molecular weight excluding hydrogens is 278 g/mol. The van der Waals surface area contributed by atoms with E-state index in [1.807, 2.05) is 18.2 Å². The van der Waals surface area contributed by atoms with Crippen LogP contribution in [-0.2, 0) is 4.74 Å². The van der Waals surface area contributed by atoms with Gasteiger partial charge in [-0.2, -0.15) is 0 Å². The Labute approximate surface area is 133 Å². The smallest absolute Gasteiger partial charge is 0.163 e. The highest BCUT2D eigenvalue weighted by Crippen LogP contribution is 2.18. The molecule has 2 rings (SSSR count). The summed E-state index contributed by atoms with van der Waals surface area (Å²) in [5.41, 5.74) is 0.629. The second-order valence-corrected chi connectivity index (χ2v) is 6.06. The van der Waals surface area contributed by atoms with Gasteiger partial charge in [-0.25, -0.2) is 0 Å². The Morgan fingerprint density at radius 3 is 2.86 bits per heavy atom. The minimum absolute atomic E-state index is 0.0238. The molecule has 0 amide bonds. The number of nitrogens with zero attached hydrogens (tertiary/aromatic N) is 1. The van der Waals surface area contributed by atoms with Gasteiger partial charge in [0.25, 0.3) is 0 Å². The van der Waals surface area contributed by atoms with Crippen LogP contribution in [0.15, 0.2) is 24.3 Å². The van der Waals surface area contributed by atoms with Crippen molar-refractivity contribution in [1.82, 2.24) is 4.90 Å². The molecule has 0 unspecified atom stereocenters. The van der Waals surface area contributed by atoms with E-state index in [1.54, 1.807) is 13.0 Å². The lowest BCUT2D eigenvalue weighted by atomic mass is 10.0. The van der Waals surface area contributed by atoms with Crippen LogP contribution in [0.5, 0.6) is 5.75 Å². The fourth-order valence-corrected chi connectivity index (χ4v) is 2.88. The van der Waals surface area contributed by atoms with Crippen LogP contribution in [0.4, 0.5) is 0 Å². The molecule has 0 aliphatic carbocycles. The van der Waals surface area contributed by atoms with Gasteiger partial charge < -0.3 is 14.4 Å². The summed E-state index contributed by atoms with van der Waals surface area (Å²) >= 11 is 0. The van der Waals surface area contributed by atoms with Crippen molar-refractivity contribution in [2.24, 2.45) is 5.92 Å². The van der Waals surface area contributed by atoms with Gasteiger partial charge in [-0.3, -0.25) is 4.79 Å². The van der Waals surface area contributed by atoms with Crippen LogP contribution in [0, 0.1) is 5.92 Å². The Kier molecular flexibility index (Phi) is 6.87. The normalized spacial score (nSPS) is 19.1. The summed E-state index contributed by atoms with van der Waals surface area (Å²) in [5, 5.41) is 0. The minimum Gasteiger partial charge on any atom is -0.490 e. The molecular formula is C18H27NO3. The summed E-state index contributed by atoms with van der Waals surface area (Å²) < 4.78 is 11.3. The second kappa shape index (κ2) is 8.91. The first-order chi connectivity index (χ1) is 10.7. The summed E-state index contributed by atoms with van der Waals surface area (Å²) in [7, 11) is 0. The first kappa shape index (κ1) is 17.0. The number of likely N-dealkylation sites (tertiary alicyclic amines) is 1. The lowest BCUT2D eigenvalue weighted by Gasteiger charge is -2.30. The van der Waals surface area contributed by atoms with Gasteiger partial charge in [-0.15, -0.1) is 0 Å². The Morgan fingerprint density at radius 1 is 1.27 bits per heavy atom. The molecule has 0 aromatic heterocycles. The molecule has 22 heavy (non-hydrogen) atoms.